The molecule has 0 aromatic heterocycles. The average Bonchev–Trinajstić information content (AvgIpc) is 2.28. The minimum atomic E-state index is -3.44. The molecule has 1 aromatic rings. The SMILES string of the molecule is NC(=O)Cc1ccccc1NS(=O)(=O)CCCCl. The monoisotopic (exact) mass is 290 g/mol. The summed E-state index contributed by atoms with van der Waals surface area (Å²) in [4.78, 5) is 10.9. The zero-order valence-electron chi connectivity index (χ0n) is 9.73. The Labute approximate surface area is 111 Å². The predicted octanol–water partition coefficient (Wildman–Crippen LogP) is 1.08. The van der Waals surface area contributed by atoms with Crippen LogP contribution >= 0.6 is 11.6 Å². The zero-order valence-corrected chi connectivity index (χ0v) is 11.3. The number of primary amides is 1. The number of alkyl halides is 1. The van der Waals surface area contributed by atoms with Gasteiger partial charge in [0, 0.05) is 5.88 Å². The molecule has 0 atom stereocenters. The second-order valence-corrected chi connectivity index (χ2v) is 5.98. The van der Waals surface area contributed by atoms with Crippen molar-refractivity contribution in [3.63, 3.8) is 0 Å². The number of rotatable bonds is 7. The van der Waals surface area contributed by atoms with Crippen LogP contribution in [0.5, 0.6) is 0 Å². The van der Waals surface area contributed by atoms with Gasteiger partial charge in [0.25, 0.3) is 0 Å². The summed E-state index contributed by atoms with van der Waals surface area (Å²) in [5, 5.41) is 0. The molecule has 18 heavy (non-hydrogen) atoms. The Morgan fingerprint density at radius 3 is 2.61 bits per heavy atom. The lowest BCUT2D eigenvalue weighted by atomic mass is 10.1. The molecule has 1 amide bonds. The van der Waals surface area contributed by atoms with Gasteiger partial charge < -0.3 is 5.73 Å². The van der Waals surface area contributed by atoms with E-state index in [1.54, 1.807) is 24.3 Å². The predicted molar refractivity (Wildman–Crippen MR) is 72.1 cm³/mol. The van der Waals surface area contributed by atoms with Gasteiger partial charge in [0.1, 0.15) is 0 Å². The standard InChI is InChI=1S/C11H15ClN2O3S/c12-6-3-7-18(16,17)14-10-5-2-1-4-9(10)8-11(13)15/h1-2,4-5,14H,3,6-8H2,(H2,13,15). The number of hydrogen-bond acceptors (Lipinski definition) is 3. The minimum absolute atomic E-state index is 0.00575. The summed E-state index contributed by atoms with van der Waals surface area (Å²) in [7, 11) is -3.44. The van der Waals surface area contributed by atoms with Crippen molar-refractivity contribution in [3.05, 3.63) is 29.8 Å². The van der Waals surface area contributed by atoms with E-state index in [1.165, 1.54) is 0 Å². The molecule has 0 radical (unpaired) electrons. The summed E-state index contributed by atoms with van der Waals surface area (Å²) < 4.78 is 25.9. The molecule has 1 aromatic carbocycles. The number of sulfonamides is 1. The molecular weight excluding hydrogens is 276 g/mol. The number of anilines is 1. The zero-order chi connectivity index (χ0) is 13.6. The van der Waals surface area contributed by atoms with Crippen molar-refractivity contribution in [1.82, 2.24) is 0 Å². The van der Waals surface area contributed by atoms with Gasteiger partial charge in [-0.1, -0.05) is 18.2 Å². The van der Waals surface area contributed by atoms with Crippen LogP contribution in [0.25, 0.3) is 0 Å². The lowest BCUT2D eigenvalue weighted by Crippen LogP contribution is -2.20. The summed E-state index contributed by atoms with van der Waals surface area (Å²) in [5.41, 5.74) is 6.04. The molecule has 0 aliphatic carbocycles. The van der Waals surface area contributed by atoms with Crippen LogP contribution in [0.15, 0.2) is 24.3 Å². The molecule has 0 unspecified atom stereocenters. The molecule has 0 fully saturated rings. The fraction of sp³-hybridized carbons (Fsp3) is 0.364. The van der Waals surface area contributed by atoms with Gasteiger partial charge in [-0.2, -0.15) is 0 Å². The van der Waals surface area contributed by atoms with E-state index in [0.29, 0.717) is 17.7 Å². The van der Waals surface area contributed by atoms with Crippen molar-refractivity contribution >= 4 is 33.2 Å². The van der Waals surface area contributed by atoms with Crippen LogP contribution in [-0.2, 0) is 21.2 Å². The maximum absolute atomic E-state index is 11.7. The summed E-state index contributed by atoms with van der Waals surface area (Å²) in [6.45, 7) is 0. The molecule has 0 bridgehead atoms. The highest BCUT2D eigenvalue weighted by Crippen LogP contribution is 2.17. The number of benzene rings is 1. The molecule has 5 nitrogen and oxygen atoms in total. The van der Waals surface area contributed by atoms with E-state index in [9.17, 15) is 13.2 Å². The molecule has 7 heteroatoms. The highest BCUT2D eigenvalue weighted by atomic mass is 35.5. The van der Waals surface area contributed by atoms with Gasteiger partial charge >= 0.3 is 0 Å². The molecule has 100 valence electrons. The molecule has 0 aliphatic rings. The highest BCUT2D eigenvalue weighted by molar-refractivity contribution is 7.92. The van der Waals surface area contributed by atoms with E-state index in [2.05, 4.69) is 4.72 Å². The van der Waals surface area contributed by atoms with Gasteiger partial charge in [0.05, 0.1) is 17.9 Å². The molecule has 0 heterocycles. The molecule has 0 saturated carbocycles. The van der Waals surface area contributed by atoms with Gasteiger partial charge in [-0.15, -0.1) is 11.6 Å². The van der Waals surface area contributed by atoms with Crippen molar-refractivity contribution in [3.8, 4) is 0 Å². The van der Waals surface area contributed by atoms with Crippen LogP contribution in [-0.4, -0.2) is 26.0 Å². The number of nitrogens with one attached hydrogen (secondary N) is 1. The number of nitrogens with two attached hydrogens (primary N) is 1. The second kappa shape index (κ2) is 6.61. The number of para-hydroxylation sites is 1. The van der Waals surface area contributed by atoms with Crippen LogP contribution in [0.2, 0.25) is 0 Å². The Morgan fingerprint density at radius 2 is 2.00 bits per heavy atom. The fourth-order valence-electron chi connectivity index (χ4n) is 1.42. The lowest BCUT2D eigenvalue weighted by Gasteiger charge is -2.11. The van der Waals surface area contributed by atoms with E-state index in [-0.39, 0.29) is 18.1 Å². The topological polar surface area (TPSA) is 89.3 Å². The summed E-state index contributed by atoms with van der Waals surface area (Å²) >= 11 is 5.46. The molecular formula is C11H15ClN2O3S. The maximum Gasteiger partial charge on any atom is 0.232 e. The van der Waals surface area contributed by atoms with Gasteiger partial charge in [-0.05, 0) is 18.1 Å². The Hall–Kier alpha value is -1.27. The number of carbonyl (C=O) groups excluding carboxylic acids is 1. The Kier molecular flexibility index (Phi) is 5.43. The molecule has 0 saturated heterocycles. The number of amides is 1. The first-order valence-electron chi connectivity index (χ1n) is 5.37. The molecule has 1 rings (SSSR count). The van der Waals surface area contributed by atoms with Crippen LogP contribution < -0.4 is 10.5 Å². The van der Waals surface area contributed by atoms with E-state index < -0.39 is 15.9 Å². The third kappa shape index (κ3) is 4.93. The van der Waals surface area contributed by atoms with E-state index in [1.807, 2.05) is 0 Å². The van der Waals surface area contributed by atoms with E-state index >= 15 is 0 Å². The summed E-state index contributed by atoms with van der Waals surface area (Å²) in [6.07, 6.45) is 0.364. The molecule has 3 N–H and O–H groups in total. The number of halogens is 1. The van der Waals surface area contributed by atoms with Crippen LogP contribution in [0, 0.1) is 0 Å². The van der Waals surface area contributed by atoms with E-state index in [0.717, 1.165) is 0 Å². The van der Waals surface area contributed by atoms with Crippen molar-refractivity contribution in [2.45, 2.75) is 12.8 Å². The number of hydrogen-bond donors (Lipinski definition) is 2. The van der Waals surface area contributed by atoms with Crippen LogP contribution in [0.3, 0.4) is 0 Å². The first kappa shape index (κ1) is 14.8. The van der Waals surface area contributed by atoms with Gasteiger partial charge in [-0.25, -0.2) is 8.42 Å². The lowest BCUT2D eigenvalue weighted by molar-refractivity contribution is -0.117. The van der Waals surface area contributed by atoms with Crippen molar-refractivity contribution < 1.29 is 13.2 Å². The maximum atomic E-state index is 11.7. The Bertz CT molecular complexity index is 517. The Balaban J connectivity index is 2.86. The normalized spacial score (nSPS) is 11.2. The smallest absolute Gasteiger partial charge is 0.232 e. The second-order valence-electron chi connectivity index (χ2n) is 3.76. The molecule has 0 aliphatic heterocycles. The third-order valence-electron chi connectivity index (χ3n) is 2.19. The summed E-state index contributed by atoms with van der Waals surface area (Å²) in [5.74, 6) is -0.284. The van der Waals surface area contributed by atoms with E-state index in [4.69, 9.17) is 17.3 Å². The van der Waals surface area contributed by atoms with Gasteiger partial charge in [0.15, 0.2) is 0 Å². The fourth-order valence-corrected chi connectivity index (χ4v) is 2.88. The van der Waals surface area contributed by atoms with Crippen LogP contribution in [0.1, 0.15) is 12.0 Å². The highest BCUT2D eigenvalue weighted by Gasteiger charge is 2.13. The number of carbonyl (C=O) groups is 1. The summed E-state index contributed by atoms with van der Waals surface area (Å²) in [6, 6.07) is 6.65. The van der Waals surface area contributed by atoms with Crippen molar-refractivity contribution in [2.75, 3.05) is 16.4 Å². The quantitative estimate of drug-likeness (QED) is 0.737. The largest absolute Gasteiger partial charge is 0.369 e. The van der Waals surface area contributed by atoms with Crippen molar-refractivity contribution in [2.24, 2.45) is 5.73 Å². The van der Waals surface area contributed by atoms with Crippen LogP contribution in [0.4, 0.5) is 5.69 Å². The first-order chi connectivity index (χ1) is 8.44. The first-order valence-corrected chi connectivity index (χ1v) is 7.56. The van der Waals surface area contributed by atoms with Crippen molar-refractivity contribution in [1.29, 1.82) is 0 Å². The minimum Gasteiger partial charge on any atom is -0.369 e. The Morgan fingerprint density at radius 1 is 1.33 bits per heavy atom. The third-order valence-corrected chi connectivity index (χ3v) is 3.82. The van der Waals surface area contributed by atoms with Gasteiger partial charge in [-0.3, -0.25) is 9.52 Å². The molecule has 0 spiro atoms. The average molecular weight is 291 g/mol. The van der Waals surface area contributed by atoms with Gasteiger partial charge in [0.2, 0.25) is 15.9 Å².